The van der Waals surface area contributed by atoms with Crippen LogP contribution < -0.4 is 0 Å². The zero-order valence-electron chi connectivity index (χ0n) is 14.3. The molecule has 0 aromatic heterocycles. The van der Waals surface area contributed by atoms with Gasteiger partial charge >= 0.3 is 12.2 Å². The average Bonchev–Trinajstić information content (AvgIpc) is 2.40. The minimum Gasteiger partial charge on any atom is -0.449 e. The number of carbonyl (C=O) groups excluding carboxylic acids is 2. The smallest absolute Gasteiger partial charge is 0.410 e. The first-order valence-electron chi connectivity index (χ1n) is 7.99. The van der Waals surface area contributed by atoms with Gasteiger partial charge in [0.05, 0.1) is 6.61 Å². The lowest BCUT2D eigenvalue weighted by Crippen LogP contribution is -2.55. The molecule has 2 saturated heterocycles. The molecule has 2 fully saturated rings. The average molecular weight is 312 g/mol. The third kappa shape index (κ3) is 4.27. The van der Waals surface area contributed by atoms with Gasteiger partial charge in [0.1, 0.15) is 5.60 Å². The third-order valence-electron chi connectivity index (χ3n) is 3.98. The number of hydrogen-bond donors (Lipinski definition) is 0. The monoisotopic (exact) mass is 312 g/mol. The van der Waals surface area contributed by atoms with Gasteiger partial charge in [-0.15, -0.1) is 0 Å². The van der Waals surface area contributed by atoms with Gasteiger partial charge in [-0.2, -0.15) is 0 Å². The van der Waals surface area contributed by atoms with E-state index in [1.165, 1.54) is 0 Å². The Morgan fingerprint density at radius 2 is 1.86 bits per heavy atom. The van der Waals surface area contributed by atoms with Crippen molar-refractivity contribution in [2.45, 2.75) is 59.1 Å². The molecule has 0 aromatic carbocycles. The number of ether oxygens (including phenoxy) is 2. The summed E-state index contributed by atoms with van der Waals surface area (Å²) in [6.07, 6.45) is 1.04. The van der Waals surface area contributed by atoms with Crippen LogP contribution in [-0.2, 0) is 9.47 Å². The van der Waals surface area contributed by atoms with E-state index in [9.17, 15) is 9.59 Å². The van der Waals surface area contributed by atoms with Gasteiger partial charge in [-0.25, -0.2) is 9.59 Å². The van der Waals surface area contributed by atoms with Crippen molar-refractivity contribution in [1.82, 2.24) is 9.80 Å². The van der Waals surface area contributed by atoms with E-state index in [2.05, 4.69) is 13.8 Å². The van der Waals surface area contributed by atoms with Crippen LogP contribution in [0.1, 0.15) is 47.5 Å². The lowest BCUT2D eigenvalue weighted by Gasteiger charge is -2.44. The summed E-state index contributed by atoms with van der Waals surface area (Å²) in [6, 6.07) is 0.144. The molecule has 0 aromatic rings. The summed E-state index contributed by atoms with van der Waals surface area (Å²) in [4.78, 5) is 27.6. The number of piperidine rings is 1. The van der Waals surface area contributed by atoms with Crippen LogP contribution in [0.25, 0.3) is 0 Å². The van der Waals surface area contributed by atoms with Crippen LogP contribution in [0.15, 0.2) is 0 Å². The molecule has 2 rings (SSSR count). The van der Waals surface area contributed by atoms with Crippen LogP contribution in [0.3, 0.4) is 0 Å². The van der Waals surface area contributed by atoms with E-state index in [0.717, 1.165) is 12.8 Å². The van der Waals surface area contributed by atoms with Gasteiger partial charge in [-0.3, -0.25) is 0 Å². The predicted molar refractivity (Wildman–Crippen MR) is 82.7 cm³/mol. The Bertz CT molecular complexity index is 434. The Morgan fingerprint density at radius 3 is 2.41 bits per heavy atom. The van der Waals surface area contributed by atoms with E-state index < -0.39 is 5.60 Å². The maximum Gasteiger partial charge on any atom is 0.410 e. The molecule has 0 radical (unpaired) electrons. The van der Waals surface area contributed by atoms with Crippen molar-refractivity contribution in [3.05, 3.63) is 0 Å². The Kier molecular flexibility index (Phi) is 4.59. The van der Waals surface area contributed by atoms with Crippen LogP contribution in [0, 0.1) is 5.41 Å². The highest BCUT2D eigenvalue weighted by Crippen LogP contribution is 2.28. The molecule has 0 atom stereocenters. The van der Waals surface area contributed by atoms with Gasteiger partial charge in [0, 0.05) is 31.1 Å². The van der Waals surface area contributed by atoms with Crippen LogP contribution in [0.5, 0.6) is 0 Å². The largest absolute Gasteiger partial charge is 0.449 e. The van der Waals surface area contributed by atoms with Crippen molar-refractivity contribution in [2.75, 3.05) is 26.2 Å². The number of cyclic esters (lactones) is 1. The highest BCUT2D eigenvalue weighted by atomic mass is 16.6. The molecule has 0 bridgehead atoms. The first-order chi connectivity index (χ1) is 10.1. The third-order valence-corrected chi connectivity index (χ3v) is 3.98. The van der Waals surface area contributed by atoms with E-state index >= 15 is 0 Å². The van der Waals surface area contributed by atoms with E-state index in [1.807, 2.05) is 25.7 Å². The van der Waals surface area contributed by atoms with Gasteiger partial charge in [-0.05, 0) is 33.6 Å². The highest BCUT2D eigenvalue weighted by molar-refractivity contribution is 5.70. The first-order valence-corrected chi connectivity index (χ1v) is 7.99. The summed E-state index contributed by atoms with van der Waals surface area (Å²) in [7, 11) is 0. The van der Waals surface area contributed by atoms with Crippen molar-refractivity contribution in [3.63, 3.8) is 0 Å². The number of rotatable bonds is 1. The van der Waals surface area contributed by atoms with Crippen LogP contribution in [0.4, 0.5) is 9.59 Å². The molecule has 0 N–H and O–H groups in total. The van der Waals surface area contributed by atoms with Crippen molar-refractivity contribution in [3.8, 4) is 0 Å². The molecular weight excluding hydrogens is 284 g/mol. The summed E-state index contributed by atoms with van der Waals surface area (Å²) in [5.74, 6) is 0. The zero-order chi connectivity index (χ0) is 16.5. The molecular formula is C16H28N2O4. The van der Waals surface area contributed by atoms with Crippen molar-refractivity contribution >= 4 is 12.2 Å². The number of nitrogens with zero attached hydrogens (tertiary/aromatic N) is 2. The van der Waals surface area contributed by atoms with Crippen LogP contribution in [-0.4, -0.2) is 59.9 Å². The second kappa shape index (κ2) is 5.97. The Balaban J connectivity index is 1.89. The molecule has 2 heterocycles. The minimum atomic E-state index is -0.478. The SMILES string of the molecule is CC1(C)COC(=O)N(C2CCN(C(=O)OC(C)(C)C)CC2)C1. The molecule has 0 saturated carbocycles. The van der Waals surface area contributed by atoms with Crippen molar-refractivity contribution in [2.24, 2.45) is 5.41 Å². The maximum absolute atomic E-state index is 12.1. The lowest BCUT2D eigenvalue weighted by atomic mass is 9.91. The summed E-state index contributed by atoms with van der Waals surface area (Å²) < 4.78 is 10.7. The molecule has 6 heteroatoms. The molecule has 0 aliphatic carbocycles. The highest BCUT2D eigenvalue weighted by Gasteiger charge is 2.38. The Labute approximate surface area is 132 Å². The molecule has 2 amide bonds. The second-order valence-electron chi connectivity index (χ2n) is 8.05. The molecule has 2 aliphatic rings. The maximum atomic E-state index is 12.1. The van der Waals surface area contributed by atoms with Gasteiger partial charge in [0.15, 0.2) is 0 Å². The quantitative estimate of drug-likeness (QED) is 0.747. The lowest BCUT2D eigenvalue weighted by molar-refractivity contribution is -0.0203. The number of carbonyl (C=O) groups is 2. The fourth-order valence-electron chi connectivity index (χ4n) is 2.88. The fourth-order valence-corrected chi connectivity index (χ4v) is 2.88. The van der Waals surface area contributed by atoms with Gasteiger partial charge in [-0.1, -0.05) is 13.8 Å². The van der Waals surface area contributed by atoms with E-state index in [0.29, 0.717) is 26.2 Å². The van der Waals surface area contributed by atoms with Gasteiger partial charge in [0.25, 0.3) is 0 Å². The van der Waals surface area contributed by atoms with E-state index in [1.54, 1.807) is 4.90 Å². The van der Waals surface area contributed by atoms with E-state index in [4.69, 9.17) is 9.47 Å². The number of likely N-dealkylation sites (tertiary alicyclic amines) is 1. The zero-order valence-corrected chi connectivity index (χ0v) is 14.3. The van der Waals surface area contributed by atoms with Crippen molar-refractivity contribution in [1.29, 1.82) is 0 Å². The number of hydrogen-bond acceptors (Lipinski definition) is 4. The Hall–Kier alpha value is -1.46. The molecule has 0 spiro atoms. The van der Waals surface area contributed by atoms with Gasteiger partial charge in [0.2, 0.25) is 0 Å². The first kappa shape index (κ1) is 16.9. The van der Waals surface area contributed by atoms with E-state index in [-0.39, 0.29) is 23.6 Å². The fraction of sp³-hybridized carbons (Fsp3) is 0.875. The van der Waals surface area contributed by atoms with Gasteiger partial charge < -0.3 is 19.3 Å². The van der Waals surface area contributed by atoms with Crippen LogP contribution >= 0.6 is 0 Å². The minimum absolute atomic E-state index is 0.0176. The summed E-state index contributed by atoms with van der Waals surface area (Å²) in [5.41, 5.74) is -0.495. The molecule has 0 unspecified atom stereocenters. The predicted octanol–water partition coefficient (Wildman–Crippen LogP) is 2.86. The summed E-state index contributed by atoms with van der Waals surface area (Å²) in [5, 5.41) is 0. The molecule has 126 valence electrons. The standard InChI is InChI=1S/C16H28N2O4/c1-15(2,3)22-13(19)17-8-6-12(7-9-17)18-10-16(4,5)11-21-14(18)20/h12H,6-11H2,1-5H3. The summed E-state index contributed by atoms with van der Waals surface area (Å²) >= 11 is 0. The van der Waals surface area contributed by atoms with Crippen molar-refractivity contribution < 1.29 is 19.1 Å². The summed E-state index contributed by atoms with van der Waals surface area (Å²) in [6.45, 7) is 12.2. The Morgan fingerprint density at radius 1 is 1.27 bits per heavy atom. The molecule has 2 aliphatic heterocycles. The van der Waals surface area contributed by atoms with Crippen LogP contribution in [0.2, 0.25) is 0 Å². The topological polar surface area (TPSA) is 59.1 Å². The molecule has 6 nitrogen and oxygen atoms in total. The normalized spacial score (nSPS) is 23.2. The second-order valence-corrected chi connectivity index (χ2v) is 8.05. The number of amides is 2. The molecule has 22 heavy (non-hydrogen) atoms.